The SMILES string of the molecule is CC.CC12CCC(=O)C=C1C=CC1C2CCC23C1CC[C@@]2(C)C3CC(=O)O. The number of ketones is 1. The maximum Gasteiger partial charge on any atom is 0.303 e. The van der Waals surface area contributed by atoms with Crippen molar-refractivity contribution in [1.29, 1.82) is 0 Å². The van der Waals surface area contributed by atoms with Gasteiger partial charge in [0.1, 0.15) is 0 Å². The van der Waals surface area contributed by atoms with Crippen LogP contribution in [0, 0.1) is 39.9 Å². The van der Waals surface area contributed by atoms with Crippen molar-refractivity contribution in [2.45, 2.75) is 72.6 Å². The molecule has 0 aliphatic heterocycles. The first kappa shape index (κ1) is 19.0. The molecule has 3 saturated carbocycles. The lowest BCUT2D eigenvalue weighted by Gasteiger charge is -2.53. The number of hydrogen-bond acceptors (Lipinski definition) is 2. The Morgan fingerprint density at radius 1 is 1.15 bits per heavy atom. The van der Waals surface area contributed by atoms with Gasteiger partial charge in [-0.15, -0.1) is 0 Å². The van der Waals surface area contributed by atoms with E-state index in [1.165, 1.54) is 31.3 Å². The molecule has 0 amide bonds. The third-order valence-electron chi connectivity index (χ3n) is 9.37. The standard InChI is InChI=1S/C22H28O3.C2H6/c1-20-8-5-14(23)11-13(20)3-4-15-16(20)7-10-22-17(15)6-9-21(22,2)18(22)12-19(24)25;1-2/h3-4,11,15-18H,5-10,12H2,1-2H3,(H,24,25);1-2H3/t15?,16?,17?,18?,20?,21-,22?;/m0./s1. The van der Waals surface area contributed by atoms with Crippen LogP contribution in [0.5, 0.6) is 0 Å². The first-order chi connectivity index (χ1) is 12.8. The normalized spacial score (nSPS) is 48.9. The van der Waals surface area contributed by atoms with Gasteiger partial charge in [-0.25, -0.2) is 0 Å². The predicted molar refractivity (Wildman–Crippen MR) is 106 cm³/mol. The molecule has 0 bridgehead atoms. The maximum absolute atomic E-state index is 11.9. The molecule has 0 aromatic heterocycles. The fraction of sp³-hybridized carbons (Fsp3) is 0.750. The van der Waals surface area contributed by atoms with Crippen LogP contribution in [0.4, 0.5) is 0 Å². The Labute approximate surface area is 163 Å². The molecule has 5 rings (SSSR count). The number of hydrogen-bond donors (Lipinski definition) is 1. The minimum Gasteiger partial charge on any atom is -0.481 e. The van der Waals surface area contributed by atoms with Crippen molar-refractivity contribution in [1.82, 2.24) is 0 Å². The quantitative estimate of drug-likeness (QED) is 0.707. The number of rotatable bonds is 2. The molecule has 0 heterocycles. The van der Waals surface area contributed by atoms with E-state index in [1.54, 1.807) is 0 Å². The van der Waals surface area contributed by atoms with E-state index in [2.05, 4.69) is 26.0 Å². The Hall–Kier alpha value is -1.38. The van der Waals surface area contributed by atoms with E-state index in [4.69, 9.17) is 0 Å². The van der Waals surface area contributed by atoms with E-state index in [9.17, 15) is 14.7 Å². The highest BCUT2D eigenvalue weighted by Crippen LogP contribution is 2.86. The largest absolute Gasteiger partial charge is 0.481 e. The van der Waals surface area contributed by atoms with Gasteiger partial charge in [0.15, 0.2) is 5.78 Å². The molecule has 27 heavy (non-hydrogen) atoms. The fourth-order valence-electron chi connectivity index (χ4n) is 8.13. The summed E-state index contributed by atoms with van der Waals surface area (Å²) in [7, 11) is 0. The van der Waals surface area contributed by atoms with Crippen molar-refractivity contribution in [3.63, 3.8) is 0 Å². The highest BCUT2D eigenvalue weighted by molar-refractivity contribution is 5.92. The predicted octanol–water partition coefficient (Wildman–Crippen LogP) is 5.41. The summed E-state index contributed by atoms with van der Waals surface area (Å²) < 4.78 is 0. The molecule has 0 radical (unpaired) electrons. The average molecular weight is 371 g/mol. The van der Waals surface area contributed by atoms with Crippen molar-refractivity contribution in [3.05, 3.63) is 23.8 Å². The monoisotopic (exact) mass is 370 g/mol. The Bertz CT molecular complexity index is 734. The van der Waals surface area contributed by atoms with Crippen molar-refractivity contribution < 1.29 is 14.7 Å². The summed E-state index contributed by atoms with van der Waals surface area (Å²) in [5.41, 5.74) is 1.93. The van der Waals surface area contributed by atoms with Crippen LogP contribution in [0.2, 0.25) is 0 Å². The number of carboxylic acids is 1. The minimum absolute atomic E-state index is 0.144. The second kappa shape index (κ2) is 6.06. The molecule has 1 spiro atoms. The van der Waals surface area contributed by atoms with Crippen LogP contribution in [0.3, 0.4) is 0 Å². The van der Waals surface area contributed by atoms with E-state index in [1.807, 2.05) is 19.9 Å². The lowest BCUT2D eigenvalue weighted by Crippen LogP contribution is -2.46. The molecule has 0 aromatic rings. The zero-order valence-corrected chi connectivity index (χ0v) is 17.3. The fourth-order valence-corrected chi connectivity index (χ4v) is 8.13. The molecule has 3 fully saturated rings. The highest BCUT2D eigenvalue weighted by Gasteiger charge is 2.80. The van der Waals surface area contributed by atoms with Gasteiger partial charge in [-0.3, -0.25) is 9.59 Å². The maximum atomic E-state index is 11.9. The number of carbonyl (C=O) groups is 2. The Morgan fingerprint density at radius 2 is 1.85 bits per heavy atom. The van der Waals surface area contributed by atoms with Gasteiger partial charge in [-0.05, 0) is 83.7 Å². The summed E-state index contributed by atoms with van der Waals surface area (Å²) in [6.07, 6.45) is 13.4. The number of aliphatic carboxylic acids is 1. The average Bonchev–Trinajstić information content (AvgIpc) is 2.96. The zero-order chi connectivity index (χ0) is 19.6. The number of carbonyl (C=O) groups excluding carboxylic acids is 1. The zero-order valence-electron chi connectivity index (χ0n) is 17.3. The molecule has 6 unspecified atom stereocenters. The highest BCUT2D eigenvalue weighted by atomic mass is 16.4. The number of allylic oxidation sites excluding steroid dienone is 4. The molecule has 3 nitrogen and oxygen atoms in total. The molecule has 1 N–H and O–H groups in total. The number of fused-ring (bicyclic) bond motifs is 4. The van der Waals surface area contributed by atoms with Gasteiger partial charge in [-0.2, -0.15) is 0 Å². The van der Waals surface area contributed by atoms with E-state index < -0.39 is 5.97 Å². The second-order valence-electron chi connectivity index (χ2n) is 9.82. The summed E-state index contributed by atoms with van der Waals surface area (Å²) in [6.45, 7) is 8.74. The third kappa shape index (κ3) is 2.26. The van der Waals surface area contributed by atoms with E-state index in [0.717, 1.165) is 6.42 Å². The molecular weight excluding hydrogens is 336 g/mol. The summed E-state index contributed by atoms with van der Waals surface area (Å²) in [5.74, 6) is 1.87. The molecule has 3 heteroatoms. The summed E-state index contributed by atoms with van der Waals surface area (Å²) in [5, 5.41) is 9.38. The van der Waals surface area contributed by atoms with Gasteiger partial charge in [-0.1, -0.05) is 39.8 Å². The molecule has 0 aromatic carbocycles. The minimum atomic E-state index is -0.627. The Morgan fingerprint density at radius 3 is 2.56 bits per heavy atom. The van der Waals surface area contributed by atoms with Crippen LogP contribution in [-0.2, 0) is 9.59 Å². The lowest BCUT2D eigenvalue weighted by molar-refractivity contribution is -0.138. The van der Waals surface area contributed by atoms with Gasteiger partial charge < -0.3 is 5.11 Å². The van der Waals surface area contributed by atoms with Crippen molar-refractivity contribution in [2.75, 3.05) is 0 Å². The van der Waals surface area contributed by atoms with E-state index in [-0.39, 0.29) is 22.0 Å². The summed E-state index contributed by atoms with van der Waals surface area (Å²) in [6, 6.07) is 0. The first-order valence-electron chi connectivity index (χ1n) is 11.0. The topological polar surface area (TPSA) is 54.4 Å². The van der Waals surface area contributed by atoms with Crippen molar-refractivity contribution in [2.24, 2.45) is 39.9 Å². The van der Waals surface area contributed by atoms with Crippen LogP contribution in [-0.4, -0.2) is 16.9 Å². The molecule has 7 atom stereocenters. The second-order valence-corrected chi connectivity index (χ2v) is 9.82. The Balaban J connectivity index is 0.000000872. The van der Waals surface area contributed by atoms with Crippen LogP contribution in [0.1, 0.15) is 72.6 Å². The van der Waals surface area contributed by atoms with Gasteiger partial charge in [0, 0.05) is 12.8 Å². The summed E-state index contributed by atoms with van der Waals surface area (Å²) in [4.78, 5) is 23.3. The Kier molecular flexibility index (Phi) is 4.25. The molecular formula is C24H34O3. The van der Waals surface area contributed by atoms with Gasteiger partial charge >= 0.3 is 5.97 Å². The number of carboxylic acid groups (broad SMARTS) is 1. The van der Waals surface area contributed by atoms with Crippen molar-refractivity contribution >= 4 is 11.8 Å². The first-order valence-corrected chi connectivity index (χ1v) is 11.0. The van der Waals surface area contributed by atoms with E-state index >= 15 is 0 Å². The van der Waals surface area contributed by atoms with E-state index in [0.29, 0.717) is 36.5 Å². The van der Waals surface area contributed by atoms with Gasteiger partial charge in [0.2, 0.25) is 0 Å². The van der Waals surface area contributed by atoms with Gasteiger partial charge in [0.05, 0.1) is 0 Å². The molecule has 148 valence electrons. The summed E-state index contributed by atoms with van der Waals surface area (Å²) >= 11 is 0. The van der Waals surface area contributed by atoms with Crippen LogP contribution in [0.25, 0.3) is 0 Å². The smallest absolute Gasteiger partial charge is 0.303 e. The molecule has 0 saturated heterocycles. The van der Waals surface area contributed by atoms with Crippen molar-refractivity contribution in [3.8, 4) is 0 Å². The van der Waals surface area contributed by atoms with Crippen LogP contribution >= 0.6 is 0 Å². The van der Waals surface area contributed by atoms with Crippen LogP contribution < -0.4 is 0 Å². The molecule has 5 aliphatic carbocycles. The molecule has 5 aliphatic rings. The third-order valence-corrected chi connectivity index (χ3v) is 9.37. The van der Waals surface area contributed by atoms with Crippen LogP contribution in [0.15, 0.2) is 23.8 Å². The lowest BCUT2D eigenvalue weighted by atomic mass is 9.50. The van der Waals surface area contributed by atoms with Gasteiger partial charge in [0.25, 0.3) is 0 Å².